The zero-order valence-electron chi connectivity index (χ0n) is 16.8. The van der Waals surface area contributed by atoms with E-state index in [0.29, 0.717) is 31.0 Å². The molecule has 0 bridgehead atoms. The molecule has 0 spiro atoms. The van der Waals surface area contributed by atoms with Gasteiger partial charge in [0.1, 0.15) is 0 Å². The number of benzene rings is 1. The molecule has 11 heteroatoms. The Morgan fingerprint density at radius 3 is 2.77 bits per heavy atom. The minimum absolute atomic E-state index is 0.00871. The van der Waals surface area contributed by atoms with Gasteiger partial charge in [0.15, 0.2) is 4.34 Å². The summed E-state index contributed by atoms with van der Waals surface area (Å²) < 4.78 is 28.2. The number of carbonyl (C=O) groups is 1. The Morgan fingerprint density at radius 2 is 2.00 bits per heavy atom. The Hall–Kier alpha value is -1.69. The van der Waals surface area contributed by atoms with Gasteiger partial charge in [0.25, 0.3) is 0 Å². The maximum absolute atomic E-state index is 12.9. The van der Waals surface area contributed by atoms with Gasteiger partial charge in [-0.2, -0.15) is 4.31 Å². The van der Waals surface area contributed by atoms with Crippen molar-refractivity contribution in [3.05, 3.63) is 23.8 Å². The fourth-order valence-corrected chi connectivity index (χ4v) is 7.01. The highest BCUT2D eigenvalue weighted by atomic mass is 32.2. The van der Waals surface area contributed by atoms with Crippen LogP contribution >= 0.6 is 23.1 Å². The highest BCUT2D eigenvalue weighted by molar-refractivity contribution is 8.01. The lowest BCUT2D eigenvalue weighted by Crippen LogP contribution is -2.35. The van der Waals surface area contributed by atoms with Crippen molar-refractivity contribution in [3.8, 4) is 0 Å². The molecule has 30 heavy (non-hydrogen) atoms. The first kappa shape index (κ1) is 21.5. The number of hydrogen-bond donors (Lipinski definition) is 1. The zero-order valence-corrected chi connectivity index (χ0v) is 19.3. The summed E-state index contributed by atoms with van der Waals surface area (Å²) in [7, 11) is -3.46. The van der Waals surface area contributed by atoms with E-state index in [4.69, 9.17) is 0 Å². The fraction of sp³-hybridized carbons (Fsp3) is 0.526. The van der Waals surface area contributed by atoms with Gasteiger partial charge in [-0.3, -0.25) is 4.79 Å². The summed E-state index contributed by atoms with van der Waals surface area (Å²) in [5, 5.41) is 12.0. The number of amides is 1. The number of aromatic nitrogens is 2. The van der Waals surface area contributed by atoms with Crippen LogP contribution in [0.5, 0.6) is 0 Å². The highest BCUT2D eigenvalue weighted by Crippen LogP contribution is 2.33. The summed E-state index contributed by atoms with van der Waals surface area (Å²) in [6, 6.07) is 5.15. The van der Waals surface area contributed by atoms with Gasteiger partial charge in [-0.15, -0.1) is 10.2 Å². The lowest BCUT2D eigenvalue weighted by atomic mass is 10.2. The summed E-state index contributed by atoms with van der Waals surface area (Å²) in [5.41, 5.74) is 1.72. The van der Waals surface area contributed by atoms with Gasteiger partial charge in [0.05, 0.1) is 10.6 Å². The van der Waals surface area contributed by atoms with Crippen molar-refractivity contribution in [2.24, 2.45) is 0 Å². The number of anilines is 2. The maximum atomic E-state index is 12.9. The van der Waals surface area contributed by atoms with Gasteiger partial charge in [-0.1, -0.05) is 29.5 Å². The molecule has 8 nitrogen and oxygen atoms in total. The first-order valence-corrected chi connectivity index (χ1v) is 13.4. The SMILES string of the molecule is CCNc1nnc(SCC(=O)N2CCc3cc(S(=O)(=O)N4CCCCC4)ccc32)s1. The number of fused-ring (bicyclic) bond motifs is 1. The number of hydrogen-bond acceptors (Lipinski definition) is 8. The standard InChI is InChI=1S/C19H25N5O3S3/c1-2-20-18-21-22-19(29-18)28-13-17(25)24-11-8-14-12-15(6-7-16(14)24)30(26,27)23-9-4-3-5-10-23/h6-7,12H,2-5,8-11,13H2,1H3,(H,20,21). The van der Waals surface area contributed by atoms with Crippen LogP contribution in [0.15, 0.2) is 27.4 Å². The number of rotatable bonds is 7. The largest absolute Gasteiger partial charge is 0.360 e. The van der Waals surface area contributed by atoms with Gasteiger partial charge in [0, 0.05) is 31.9 Å². The van der Waals surface area contributed by atoms with E-state index < -0.39 is 10.0 Å². The maximum Gasteiger partial charge on any atom is 0.243 e. The first-order chi connectivity index (χ1) is 14.5. The van der Waals surface area contributed by atoms with Crippen LogP contribution in [0.4, 0.5) is 10.8 Å². The number of nitrogens with one attached hydrogen (secondary N) is 1. The summed E-state index contributed by atoms with van der Waals surface area (Å²) in [4.78, 5) is 14.8. The van der Waals surface area contributed by atoms with Gasteiger partial charge >= 0.3 is 0 Å². The van der Waals surface area contributed by atoms with Crippen molar-refractivity contribution in [1.29, 1.82) is 0 Å². The third kappa shape index (κ3) is 4.48. The quantitative estimate of drug-likeness (QED) is 0.626. The van der Waals surface area contributed by atoms with Crippen molar-refractivity contribution < 1.29 is 13.2 Å². The van der Waals surface area contributed by atoms with Crippen LogP contribution in [0.25, 0.3) is 0 Å². The Kier molecular flexibility index (Phi) is 6.61. The van der Waals surface area contributed by atoms with E-state index in [2.05, 4.69) is 15.5 Å². The zero-order chi connectivity index (χ0) is 21.1. The molecular weight excluding hydrogens is 442 g/mol. The van der Waals surface area contributed by atoms with Crippen LogP contribution in [0.3, 0.4) is 0 Å². The number of carbonyl (C=O) groups excluding carboxylic acids is 1. The molecule has 0 unspecified atom stereocenters. The van der Waals surface area contributed by atoms with E-state index in [0.717, 1.165) is 46.5 Å². The third-order valence-electron chi connectivity index (χ3n) is 5.25. The number of nitrogens with zero attached hydrogens (tertiary/aromatic N) is 4. The number of thioether (sulfide) groups is 1. The molecule has 0 saturated carbocycles. The molecule has 2 aliphatic heterocycles. The van der Waals surface area contributed by atoms with Gasteiger partial charge in [-0.25, -0.2) is 8.42 Å². The Labute approximate surface area is 185 Å². The monoisotopic (exact) mass is 467 g/mol. The molecule has 1 saturated heterocycles. The normalized spacial score (nSPS) is 17.2. The molecule has 0 radical (unpaired) electrons. The highest BCUT2D eigenvalue weighted by Gasteiger charge is 2.30. The molecule has 0 aliphatic carbocycles. The predicted molar refractivity (Wildman–Crippen MR) is 120 cm³/mol. The Morgan fingerprint density at radius 1 is 1.20 bits per heavy atom. The van der Waals surface area contributed by atoms with Gasteiger partial charge in [-0.05, 0) is 49.9 Å². The van der Waals surface area contributed by atoms with Crippen LogP contribution in [0.1, 0.15) is 31.7 Å². The predicted octanol–water partition coefficient (Wildman–Crippen LogP) is 2.83. The third-order valence-corrected chi connectivity index (χ3v) is 9.15. The Bertz CT molecular complexity index is 1020. The average molecular weight is 468 g/mol. The molecule has 1 aromatic heterocycles. The second-order valence-electron chi connectivity index (χ2n) is 7.24. The summed E-state index contributed by atoms with van der Waals surface area (Å²) in [6.07, 6.45) is 3.57. The number of sulfonamides is 1. The lowest BCUT2D eigenvalue weighted by molar-refractivity contribution is -0.116. The molecule has 1 fully saturated rings. The molecule has 1 aromatic carbocycles. The van der Waals surface area contributed by atoms with Crippen LogP contribution in [0, 0.1) is 0 Å². The van der Waals surface area contributed by atoms with E-state index in [1.54, 1.807) is 27.4 Å². The summed E-state index contributed by atoms with van der Waals surface area (Å²) >= 11 is 2.81. The van der Waals surface area contributed by atoms with E-state index in [9.17, 15) is 13.2 Å². The van der Waals surface area contributed by atoms with Crippen molar-refractivity contribution in [1.82, 2.24) is 14.5 Å². The fourth-order valence-electron chi connectivity index (χ4n) is 3.74. The first-order valence-electron chi connectivity index (χ1n) is 10.1. The van der Waals surface area contributed by atoms with Gasteiger partial charge in [0.2, 0.25) is 21.1 Å². The van der Waals surface area contributed by atoms with E-state index in [-0.39, 0.29) is 11.7 Å². The van der Waals surface area contributed by atoms with Crippen LogP contribution in [0.2, 0.25) is 0 Å². The minimum atomic E-state index is -3.46. The molecule has 0 atom stereocenters. The van der Waals surface area contributed by atoms with Crippen LogP contribution in [-0.4, -0.2) is 60.8 Å². The van der Waals surface area contributed by atoms with E-state index >= 15 is 0 Å². The topological polar surface area (TPSA) is 95.5 Å². The molecule has 1 amide bonds. The molecule has 2 aliphatic rings. The van der Waals surface area contributed by atoms with Crippen LogP contribution < -0.4 is 10.2 Å². The molecule has 162 valence electrons. The smallest absolute Gasteiger partial charge is 0.243 e. The van der Waals surface area contributed by atoms with E-state index in [1.807, 2.05) is 6.92 Å². The summed E-state index contributed by atoms with van der Waals surface area (Å²) in [6.45, 7) is 4.51. The van der Waals surface area contributed by atoms with Crippen molar-refractivity contribution in [3.63, 3.8) is 0 Å². The van der Waals surface area contributed by atoms with Gasteiger partial charge < -0.3 is 10.2 Å². The van der Waals surface area contributed by atoms with Crippen molar-refractivity contribution >= 4 is 49.8 Å². The second-order valence-corrected chi connectivity index (χ2v) is 11.4. The van der Waals surface area contributed by atoms with Crippen molar-refractivity contribution in [2.45, 2.75) is 41.8 Å². The molecule has 3 heterocycles. The van der Waals surface area contributed by atoms with Crippen LogP contribution in [-0.2, 0) is 21.2 Å². The molecule has 1 N–H and O–H groups in total. The minimum Gasteiger partial charge on any atom is -0.360 e. The Balaban J connectivity index is 1.43. The number of piperidine rings is 1. The lowest BCUT2D eigenvalue weighted by Gasteiger charge is -2.26. The second kappa shape index (κ2) is 9.21. The van der Waals surface area contributed by atoms with E-state index in [1.165, 1.54) is 23.1 Å². The molecule has 2 aromatic rings. The summed E-state index contributed by atoms with van der Waals surface area (Å²) in [5.74, 6) is 0.263. The average Bonchev–Trinajstić information content (AvgIpc) is 3.39. The molecule has 4 rings (SSSR count). The van der Waals surface area contributed by atoms with Crippen molar-refractivity contribution in [2.75, 3.05) is 42.1 Å². The molecular formula is C19H25N5O3S3.